The van der Waals surface area contributed by atoms with E-state index in [2.05, 4.69) is 9.80 Å². The third-order valence-electron chi connectivity index (χ3n) is 4.90. The van der Waals surface area contributed by atoms with Crippen molar-refractivity contribution in [2.45, 2.75) is 38.1 Å². The van der Waals surface area contributed by atoms with Crippen molar-refractivity contribution < 1.29 is 9.53 Å². The lowest BCUT2D eigenvalue weighted by molar-refractivity contribution is -0.131. The number of rotatable bonds is 5. The highest BCUT2D eigenvalue weighted by Gasteiger charge is 2.30. The first-order valence-corrected chi connectivity index (χ1v) is 8.41. The van der Waals surface area contributed by atoms with Gasteiger partial charge in [0.05, 0.1) is 13.5 Å². The molecule has 2 heterocycles. The zero-order chi connectivity index (χ0) is 15.4. The van der Waals surface area contributed by atoms with Gasteiger partial charge in [-0.1, -0.05) is 18.2 Å². The maximum atomic E-state index is 12.7. The molecule has 0 spiro atoms. The van der Waals surface area contributed by atoms with E-state index in [-0.39, 0.29) is 5.91 Å². The molecule has 2 fully saturated rings. The van der Waals surface area contributed by atoms with Crippen LogP contribution in [-0.4, -0.2) is 55.0 Å². The summed E-state index contributed by atoms with van der Waals surface area (Å²) in [5, 5.41) is 0. The molecule has 2 aliphatic heterocycles. The Bertz CT molecular complexity index is 512. The van der Waals surface area contributed by atoms with E-state index in [1.54, 1.807) is 7.11 Å². The standard InChI is InChI=1S/C18H26N2O2/c1-22-17-9-3-2-7-15(17)13-18(21)20-12-6-8-16(20)14-19-10-4-5-11-19/h2-3,7,9,16H,4-6,8,10-14H2,1H3/t16-/m1/s1. The molecule has 1 aromatic carbocycles. The quantitative estimate of drug-likeness (QED) is 0.837. The Hall–Kier alpha value is -1.55. The average Bonchev–Trinajstić information content (AvgIpc) is 3.20. The number of para-hydroxylation sites is 1. The van der Waals surface area contributed by atoms with E-state index in [1.807, 2.05) is 24.3 Å². The lowest BCUT2D eigenvalue weighted by Gasteiger charge is -2.28. The molecule has 2 saturated heterocycles. The topological polar surface area (TPSA) is 32.8 Å². The predicted octanol–water partition coefficient (Wildman–Crippen LogP) is 2.32. The summed E-state index contributed by atoms with van der Waals surface area (Å²) in [6.45, 7) is 4.36. The molecule has 22 heavy (non-hydrogen) atoms. The molecule has 0 aliphatic carbocycles. The minimum absolute atomic E-state index is 0.242. The third-order valence-corrected chi connectivity index (χ3v) is 4.90. The van der Waals surface area contributed by atoms with Crippen molar-refractivity contribution in [3.63, 3.8) is 0 Å². The summed E-state index contributed by atoms with van der Waals surface area (Å²) in [6, 6.07) is 8.23. The van der Waals surface area contributed by atoms with Crippen LogP contribution in [0.3, 0.4) is 0 Å². The second-order valence-corrected chi connectivity index (χ2v) is 6.38. The Morgan fingerprint density at radius 2 is 1.95 bits per heavy atom. The van der Waals surface area contributed by atoms with Gasteiger partial charge in [-0.3, -0.25) is 4.79 Å². The zero-order valence-electron chi connectivity index (χ0n) is 13.5. The number of hydrogen-bond donors (Lipinski definition) is 0. The molecule has 0 unspecified atom stereocenters. The van der Waals surface area contributed by atoms with Crippen LogP contribution in [0, 0.1) is 0 Å². The Kier molecular flexibility index (Phi) is 4.98. The molecule has 0 bridgehead atoms. The largest absolute Gasteiger partial charge is 0.496 e. The van der Waals surface area contributed by atoms with Crippen molar-refractivity contribution in [3.8, 4) is 5.75 Å². The van der Waals surface area contributed by atoms with Crippen LogP contribution in [0.1, 0.15) is 31.2 Å². The van der Waals surface area contributed by atoms with Crippen LogP contribution in [0.25, 0.3) is 0 Å². The fourth-order valence-electron chi connectivity index (χ4n) is 3.73. The number of methoxy groups -OCH3 is 1. The first-order valence-electron chi connectivity index (χ1n) is 8.41. The minimum Gasteiger partial charge on any atom is -0.496 e. The maximum absolute atomic E-state index is 12.7. The highest BCUT2D eigenvalue weighted by Crippen LogP contribution is 2.24. The van der Waals surface area contributed by atoms with E-state index in [4.69, 9.17) is 4.74 Å². The van der Waals surface area contributed by atoms with Crippen LogP contribution in [0.2, 0.25) is 0 Å². The van der Waals surface area contributed by atoms with Crippen LogP contribution in [-0.2, 0) is 11.2 Å². The van der Waals surface area contributed by atoms with Gasteiger partial charge in [0.15, 0.2) is 0 Å². The monoisotopic (exact) mass is 302 g/mol. The SMILES string of the molecule is COc1ccccc1CC(=O)N1CCC[C@@H]1CN1CCCC1. The molecule has 0 N–H and O–H groups in total. The van der Waals surface area contributed by atoms with Crippen LogP contribution in [0.5, 0.6) is 5.75 Å². The summed E-state index contributed by atoms with van der Waals surface area (Å²) < 4.78 is 5.36. The van der Waals surface area contributed by atoms with Crippen molar-refractivity contribution in [1.82, 2.24) is 9.80 Å². The van der Waals surface area contributed by atoms with E-state index in [0.717, 1.165) is 37.2 Å². The molecule has 120 valence electrons. The van der Waals surface area contributed by atoms with Gasteiger partial charge < -0.3 is 14.5 Å². The molecule has 4 nitrogen and oxygen atoms in total. The number of nitrogens with zero attached hydrogens (tertiary/aromatic N) is 2. The summed E-state index contributed by atoms with van der Waals surface area (Å²) >= 11 is 0. The Balaban J connectivity index is 1.62. The molecule has 2 aliphatic rings. The van der Waals surface area contributed by atoms with E-state index < -0.39 is 0 Å². The van der Waals surface area contributed by atoms with Crippen LogP contribution in [0.15, 0.2) is 24.3 Å². The molecular formula is C18H26N2O2. The normalized spacial score (nSPS) is 22.2. The first kappa shape index (κ1) is 15.3. The van der Waals surface area contributed by atoms with Gasteiger partial charge in [0.25, 0.3) is 0 Å². The fraction of sp³-hybridized carbons (Fsp3) is 0.611. The molecule has 4 heteroatoms. The Labute approximate surface area is 133 Å². The molecule has 0 radical (unpaired) electrons. The van der Waals surface area contributed by atoms with Gasteiger partial charge in [0, 0.05) is 24.7 Å². The third kappa shape index (κ3) is 3.43. The van der Waals surface area contributed by atoms with Gasteiger partial charge in [-0.25, -0.2) is 0 Å². The molecule has 1 atom stereocenters. The van der Waals surface area contributed by atoms with Gasteiger partial charge in [0.1, 0.15) is 5.75 Å². The first-order chi connectivity index (χ1) is 10.8. The summed E-state index contributed by atoms with van der Waals surface area (Å²) in [7, 11) is 1.66. The smallest absolute Gasteiger partial charge is 0.227 e. The molecule has 0 saturated carbocycles. The predicted molar refractivity (Wildman–Crippen MR) is 87.1 cm³/mol. The number of carbonyl (C=O) groups excluding carboxylic acids is 1. The number of likely N-dealkylation sites (tertiary alicyclic amines) is 2. The minimum atomic E-state index is 0.242. The summed E-state index contributed by atoms with van der Waals surface area (Å²) in [5.41, 5.74) is 0.988. The highest BCUT2D eigenvalue weighted by molar-refractivity contribution is 5.80. The molecule has 0 aromatic heterocycles. The number of hydrogen-bond acceptors (Lipinski definition) is 3. The lowest BCUT2D eigenvalue weighted by atomic mass is 10.1. The fourth-order valence-corrected chi connectivity index (χ4v) is 3.73. The number of benzene rings is 1. The highest BCUT2D eigenvalue weighted by atomic mass is 16.5. The summed E-state index contributed by atoms with van der Waals surface area (Å²) in [6.07, 6.45) is 5.34. The van der Waals surface area contributed by atoms with E-state index >= 15 is 0 Å². The molecule has 3 rings (SSSR count). The second-order valence-electron chi connectivity index (χ2n) is 6.38. The van der Waals surface area contributed by atoms with Crippen molar-refractivity contribution in [1.29, 1.82) is 0 Å². The average molecular weight is 302 g/mol. The molecule has 1 aromatic rings. The van der Waals surface area contributed by atoms with Gasteiger partial charge in [0.2, 0.25) is 5.91 Å². The maximum Gasteiger partial charge on any atom is 0.227 e. The summed E-state index contributed by atoms with van der Waals surface area (Å²) in [5.74, 6) is 1.05. The van der Waals surface area contributed by atoms with Crippen LogP contribution >= 0.6 is 0 Å². The Morgan fingerprint density at radius 3 is 2.73 bits per heavy atom. The van der Waals surface area contributed by atoms with Crippen molar-refractivity contribution in [2.24, 2.45) is 0 Å². The zero-order valence-corrected chi connectivity index (χ0v) is 13.5. The number of ether oxygens (including phenoxy) is 1. The van der Waals surface area contributed by atoms with Gasteiger partial charge in [-0.2, -0.15) is 0 Å². The van der Waals surface area contributed by atoms with Crippen LogP contribution < -0.4 is 4.74 Å². The Morgan fingerprint density at radius 1 is 1.18 bits per heavy atom. The van der Waals surface area contributed by atoms with Gasteiger partial charge >= 0.3 is 0 Å². The van der Waals surface area contributed by atoms with E-state index in [9.17, 15) is 4.79 Å². The number of carbonyl (C=O) groups is 1. The van der Waals surface area contributed by atoms with Crippen LogP contribution in [0.4, 0.5) is 0 Å². The van der Waals surface area contributed by atoms with Gasteiger partial charge in [-0.15, -0.1) is 0 Å². The van der Waals surface area contributed by atoms with Gasteiger partial charge in [-0.05, 0) is 44.8 Å². The summed E-state index contributed by atoms with van der Waals surface area (Å²) in [4.78, 5) is 17.3. The number of amides is 1. The molecule has 1 amide bonds. The van der Waals surface area contributed by atoms with Crippen molar-refractivity contribution in [3.05, 3.63) is 29.8 Å². The second kappa shape index (κ2) is 7.14. The van der Waals surface area contributed by atoms with E-state index in [1.165, 1.54) is 25.9 Å². The lowest BCUT2D eigenvalue weighted by Crippen LogP contribution is -2.43. The molecular weight excluding hydrogens is 276 g/mol. The van der Waals surface area contributed by atoms with Crippen molar-refractivity contribution in [2.75, 3.05) is 33.3 Å². The van der Waals surface area contributed by atoms with Crippen molar-refractivity contribution >= 4 is 5.91 Å². The van der Waals surface area contributed by atoms with E-state index in [0.29, 0.717) is 12.5 Å².